The molecule has 0 aromatic carbocycles. The molecule has 0 spiro atoms. The Balaban J connectivity index is 1.28. The molecule has 2 fully saturated rings. The van der Waals surface area contributed by atoms with Crippen LogP contribution in [-0.4, -0.2) is 80.3 Å². The van der Waals surface area contributed by atoms with Crippen LogP contribution in [-0.2, 0) is 11.3 Å². The van der Waals surface area contributed by atoms with Gasteiger partial charge in [-0.25, -0.2) is 4.98 Å². The van der Waals surface area contributed by atoms with Crippen LogP contribution in [0.1, 0.15) is 6.92 Å². The Morgan fingerprint density at radius 3 is 2.72 bits per heavy atom. The summed E-state index contributed by atoms with van der Waals surface area (Å²) in [6, 6.07) is 8.85. The molecule has 4 aromatic rings. The summed E-state index contributed by atoms with van der Waals surface area (Å²) in [4.78, 5) is 14.5. The molecule has 0 aliphatic carbocycles. The van der Waals surface area contributed by atoms with Crippen LogP contribution in [0.2, 0.25) is 0 Å². The molecule has 6 heterocycles. The number of anilines is 1. The lowest BCUT2D eigenvalue weighted by Gasteiger charge is -2.42. The molecule has 164 valence electrons. The maximum Gasteiger partial charge on any atom is 0.129 e. The molecule has 6 rings (SSSR count). The molecule has 2 aliphatic heterocycles. The molecule has 9 heteroatoms. The Kier molecular flexibility index (Phi) is 4.84. The number of H-pyrrole nitrogens is 1. The first-order chi connectivity index (χ1) is 15.8. The van der Waals surface area contributed by atoms with Crippen molar-refractivity contribution < 1.29 is 4.74 Å². The minimum atomic E-state index is 0.596. The van der Waals surface area contributed by atoms with E-state index in [-0.39, 0.29) is 0 Å². The SMILES string of the molecule is CCn1cc(-c2cc3c(-c4cccc(N5CCN(C6COC6)CC5)n4)n[nH]c3cn2)cn1. The molecule has 0 unspecified atom stereocenters. The number of aryl methyl sites for hydroxylation is 1. The highest BCUT2D eigenvalue weighted by atomic mass is 16.5. The minimum absolute atomic E-state index is 0.596. The van der Waals surface area contributed by atoms with Gasteiger partial charge in [0.1, 0.15) is 11.5 Å². The van der Waals surface area contributed by atoms with Gasteiger partial charge in [-0.05, 0) is 25.1 Å². The van der Waals surface area contributed by atoms with E-state index in [1.807, 2.05) is 29.3 Å². The van der Waals surface area contributed by atoms with E-state index < -0.39 is 0 Å². The first-order valence-electron chi connectivity index (χ1n) is 11.2. The maximum atomic E-state index is 5.35. The van der Waals surface area contributed by atoms with Gasteiger partial charge < -0.3 is 9.64 Å². The van der Waals surface area contributed by atoms with Crippen LogP contribution in [0.3, 0.4) is 0 Å². The van der Waals surface area contributed by atoms with E-state index in [2.05, 4.69) is 55.2 Å². The van der Waals surface area contributed by atoms with Crippen LogP contribution in [0.5, 0.6) is 0 Å². The third kappa shape index (κ3) is 3.43. The first kappa shape index (κ1) is 19.4. The third-order valence-corrected chi connectivity index (χ3v) is 6.45. The predicted octanol–water partition coefficient (Wildman–Crippen LogP) is 2.42. The summed E-state index contributed by atoms with van der Waals surface area (Å²) in [7, 11) is 0. The van der Waals surface area contributed by atoms with E-state index in [1.165, 1.54) is 0 Å². The number of rotatable bonds is 5. The van der Waals surface area contributed by atoms with Gasteiger partial charge in [0, 0.05) is 49.9 Å². The summed E-state index contributed by atoms with van der Waals surface area (Å²) < 4.78 is 7.25. The molecule has 2 aliphatic rings. The Bertz CT molecular complexity index is 1240. The lowest BCUT2D eigenvalue weighted by Crippen LogP contribution is -2.56. The van der Waals surface area contributed by atoms with Gasteiger partial charge in [-0.15, -0.1) is 0 Å². The molecule has 0 radical (unpaired) electrons. The number of hydrogen-bond donors (Lipinski definition) is 1. The van der Waals surface area contributed by atoms with Crippen LogP contribution < -0.4 is 4.90 Å². The Morgan fingerprint density at radius 1 is 1.09 bits per heavy atom. The van der Waals surface area contributed by atoms with Crippen molar-refractivity contribution in [1.82, 2.24) is 34.8 Å². The molecule has 9 nitrogen and oxygen atoms in total. The van der Waals surface area contributed by atoms with Gasteiger partial charge in [-0.2, -0.15) is 10.2 Å². The largest absolute Gasteiger partial charge is 0.378 e. The lowest BCUT2D eigenvalue weighted by molar-refractivity contribution is -0.0660. The van der Waals surface area contributed by atoms with E-state index in [4.69, 9.17) is 9.72 Å². The van der Waals surface area contributed by atoms with Crippen LogP contribution >= 0.6 is 0 Å². The van der Waals surface area contributed by atoms with Crippen molar-refractivity contribution in [3.63, 3.8) is 0 Å². The lowest BCUT2D eigenvalue weighted by atomic mass is 10.1. The Morgan fingerprint density at radius 2 is 1.97 bits per heavy atom. The third-order valence-electron chi connectivity index (χ3n) is 6.45. The molecule has 0 atom stereocenters. The summed E-state index contributed by atoms with van der Waals surface area (Å²) in [5.41, 5.74) is 4.49. The fourth-order valence-corrected chi connectivity index (χ4v) is 4.42. The van der Waals surface area contributed by atoms with E-state index in [9.17, 15) is 0 Å². The number of fused-ring (bicyclic) bond motifs is 1. The number of aromatic amines is 1. The van der Waals surface area contributed by atoms with E-state index in [1.54, 1.807) is 0 Å². The van der Waals surface area contributed by atoms with Crippen LogP contribution in [0.25, 0.3) is 33.5 Å². The number of piperazine rings is 1. The fraction of sp³-hybridized carbons (Fsp3) is 0.391. The van der Waals surface area contributed by atoms with Crippen molar-refractivity contribution in [1.29, 1.82) is 0 Å². The average Bonchev–Trinajstić information content (AvgIpc) is 3.45. The summed E-state index contributed by atoms with van der Waals surface area (Å²) in [5, 5.41) is 13.1. The second-order valence-electron chi connectivity index (χ2n) is 8.37. The number of ether oxygens (including phenoxy) is 1. The van der Waals surface area contributed by atoms with Gasteiger partial charge in [-0.1, -0.05) is 6.07 Å². The van der Waals surface area contributed by atoms with Crippen LogP contribution in [0, 0.1) is 0 Å². The molecular formula is C23H26N8O. The number of hydrogen-bond acceptors (Lipinski definition) is 7. The zero-order chi connectivity index (χ0) is 21.5. The summed E-state index contributed by atoms with van der Waals surface area (Å²) in [6.07, 6.45) is 5.70. The van der Waals surface area contributed by atoms with Crippen molar-refractivity contribution in [2.75, 3.05) is 44.3 Å². The van der Waals surface area contributed by atoms with Crippen molar-refractivity contribution >= 4 is 16.7 Å². The van der Waals surface area contributed by atoms with Gasteiger partial charge in [-0.3, -0.25) is 19.7 Å². The molecule has 0 saturated carbocycles. The van der Waals surface area contributed by atoms with E-state index >= 15 is 0 Å². The standard InChI is InChI=1S/C23H26N8O/c1-2-31-13-16(11-25-31)20-10-18-21(12-24-20)27-28-23(18)19-4-3-5-22(26-19)30-8-6-29(7-9-30)17-14-32-15-17/h3-5,10-13,17H,2,6-9,14-15H2,1H3,(H,27,28). The molecule has 4 aromatic heterocycles. The molecular weight excluding hydrogens is 404 g/mol. The molecule has 2 saturated heterocycles. The van der Waals surface area contributed by atoms with Gasteiger partial charge in [0.2, 0.25) is 0 Å². The van der Waals surface area contributed by atoms with Crippen molar-refractivity contribution in [2.45, 2.75) is 19.5 Å². The highest BCUT2D eigenvalue weighted by molar-refractivity contribution is 5.93. The zero-order valence-corrected chi connectivity index (χ0v) is 18.1. The molecule has 0 bridgehead atoms. The number of nitrogens with one attached hydrogen (secondary N) is 1. The van der Waals surface area contributed by atoms with Gasteiger partial charge in [0.25, 0.3) is 0 Å². The Labute approximate surface area is 186 Å². The smallest absolute Gasteiger partial charge is 0.129 e. The number of aromatic nitrogens is 6. The highest BCUT2D eigenvalue weighted by Gasteiger charge is 2.29. The minimum Gasteiger partial charge on any atom is -0.378 e. The summed E-state index contributed by atoms with van der Waals surface area (Å²) in [6.45, 7) is 8.69. The number of nitrogens with zero attached hydrogens (tertiary/aromatic N) is 7. The quantitative estimate of drug-likeness (QED) is 0.520. The molecule has 0 amide bonds. The van der Waals surface area contributed by atoms with E-state index in [0.29, 0.717) is 6.04 Å². The number of pyridine rings is 2. The van der Waals surface area contributed by atoms with Gasteiger partial charge >= 0.3 is 0 Å². The summed E-state index contributed by atoms with van der Waals surface area (Å²) in [5.74, 6) is 1.00. The van der Waals surface area contributed by atoms with Crippen molar-refractivity contribution in [2.24, 2.45) is 0 Å². The van der Waals surface area contributed by atoms with Crippen LogP contribution in [0.15, 0.2) is 42.9 Å². The first-order valence-corrected chi connectivity index (χ1v) is 11.2. The second-order valence-corrected chi connectivity index (χ2v) is 8.37. The summed E-state index contributed by atoms with van der Waals surface area (Å²) >= 11 is 0. The van der Waals surface area contributed by atoms with E-state index in [0.717, 1.165) is 85.3 Å². The Hall–Kier alpha value is -3.30. The van der Waals surface area contributed by atoms with Gasteiger partial charge in [0.05, 0.1) is 48.6 Å². The molecule has 1 N–H and O–H groups in total. The van der Waals surface area contributed by atoms with Crippen molar-refractivity contribution in [3.05, 3.63) is 42.9 Å². The highest BCUT2D eigenvalue weighted by Crippen LogP contribution is 2.29. The average molecular weight is 431 g/mol. The second kappa shape index (κ2) is 7.99. The maximum absolute atomic E-state index is 5.35. The topological polar surface area (TPSA) is 88.0 Å². The zero-order valence-electron chi connectivity index (χ0n) is 18.1. The van der Waals surface area contributed by atoms with Crippen molar-refractivity contribution in [3.8, 4) is 22.6 Å². The van der Waals surface area contributed by atoms with Gasteiger partial charge in [0.15, 0.2) is 0 Å². The molecule has 32 heavy (non-hydrogen) atoms. The fourth-order valence-electron chi connectivity index (χ4n) is 4.42. The monoisotopic (exact) mass is 430 g/mol. The normalized spacial score (nSPS) is 17.7. The van der Waals surface area contributed by atoms with Crippen LogP contribution in [0.4, 0.5) is 5.82 Å². The predicted molar refractivity (Wildman–Crippen MR) is 122 cm³/mol.